The Morgan fingerprint density at radius 1 is 1.00 bits per heavy atom. The molecule has 1 aliphatic heterocycles. The minimum atomic E-state index is -0.455. The molecular weight excluding hydrogens is 583 g/mol. The van der Waals surface area contributed by atoms with Crippen molar-refractivity contribution in [1.29, 1.82) is 0 Å². The summed E-state index contributed by atoms with van der Waals surface area (Å²) < 4.78 is 12.3. The van der Waals surface area contributed by atoms with Gasteiger partial charge in [0.2, 0.25) is 0 Å². The number of benzene rings is 3. The highest BCUT2D eigenvalue weighted by Gasteiger charge is 2.35. The van der Waals surface area contributed by atoms with E-state index < -0.39 is 4.92 Å². The van der Waals surface area contributed by atoms with Crippen LogP contribution < -0.4 is 9.47 Å². The van der Waals surface area contributed by atoms with E-state index in [1.165, 1.54) is 24.1 Å². The summed E-state index contributed by atoms with van der Waals surface area (Å²) >= 11 is 3.11. The van der Waals surface area contributed by atoms with Gasteiger partial charge >= 0.3 is 0 Å². The highest BCUT2D eigenvalue weighted by molar-refractivity contribution is 14.1. The van der Waals surface area contributed by atoms with Gasteiger partial charge in [-0.25, -0.2) is 0 Å². The largest absolute Gasteiger partial charge is 0.493 e. The summed E-state index contributed by atoms with van der Waals surface area (Å²) in [6, 6.07) is 19.0. The molecule has 1 fully saturated rings. The van der Waals surface area contributed by atoms with Crippen LogP contribution in [0, 0.1) is 13.7 Å². The molecule has 1 aliphatic rings. The molecule has 0 saturated carbocycles. The van der Waals surface area contributed by atoms with Crippen LogP contribution in [0.15, 0.2) is 71.6 Å². The standard InChI is InChI=1S/C25H19IN2O6S/c1-33-22-12-18(6-11-21(22)34-15-17-4-9-20(10-5-17)28(31)32)13-23-24(29)27(25(30)35-23)14-16-2-7-19(26)8-3-16/h2-13H,14-15H2,1H3/b23-13+. The number of non-ortho nitro benzene ring substituents is 1. The van der Waals surface area contributed by atoms with Crippen LogP contribution in [0.3, 0.4) is 0 Å². The van der Waals surface area contributed by atoms with E-state index in [4.69, 9.17) is 9.47 Å². The van der Waals surface area contributed by atoms with Gasteiger partial charge in [0.25, 0.3) is 16.8 Å². The fourth-order valence-corrected chi connectivity index (χ4v) is 4.53. The molecule has 3 aromatic carbocycles. The van der Waals surface area contributed by atoms with Crippen molar-refractivity contribution in [2.24, 2.45) is 0 Å². The predicted molar refractivity (Wildman–Crippen MR) is 141 cm³/mol. The molecule has 0 atom stereocenters. The number of hydrogen-bond donors (Lipinski definition) is 0. The van der Waals surface area contributed by atoms with Gasteiger partial charge in [0.15, 0.2) is 11.5 Å². The van der Waals surface area contributed by atoms with Crippen LogP contribution in [-0.4, -0.2) is 28.1 Å². The van der Waals surface area contributed by atoms with Crippen molar-refractivity contribution < 1.29 is 24.0 Å². The Kier molecular flexibility index (Phi) is 7.71. The minimum absolute atomic E-state index is 0.0126. The highest BCUT2D eigenvalue weighted by Crippen LogP contribution is 2.35. The fraction of sp³-hybridized carbons (Fsp3) is 0.120. The van der Waals surface area contributed by atoms with Gasteiger partial charge in [-0.15, -0.1) is 0 Å². The van der Waals surface area contributed by atoms with Crippen molar-refractivity contribution >= 4 is 57.3 Å². The average molecular weight is 602 g/mol. The molecule has 35 heavy (non-hydrogen) atoms. The first kappa shape index (κ1) is 24.7. The zero-order valence-electron chi connectivity index (χ0n) is 18.5. The van der Waals surface area contributed by atoms with Crippen LogP contribution in [0.4, 0.5) is 10.5 Å². The number of imide groups is 1. The summed E-state index contributed by atoms with van der Waals surface area (Å²) in [5.74, 6) is 0.601. The fourth-order valence-electron chi connectivity index (χ4n) is 3.33. The van der Waals surface area contributed by atoms with Crippen LogP contribution in [-0.2, 0) is 17.9 Å². The van der Waals surface area contributed by atoms with Crippen molar-refractivity contribution in [3.8, 4) is 11.5 Å². The number of amides is 2. The molecule has 4 rings (SSSR count). The molecule has 178 valence electrons. The van der Waals surface area contributed by atoms with E-state index in [9.17, 15) is 19.7 Å². The SMILES string of the molecule is COc1cc(/C=C2/SC(=O)N(Cc3ccc(I)cc3)C2=O)ccc1OCc1ccc([N+](=O)[O-])cc1. The lowest BCUT2D eigenvalue weighted by atomic mass is 10.1. The molecule has 10 heteroatoms. The molecule has 0 unspecified atom stereocenters. The number of hydrogen-bond acceptors (Lipinski definition) is 7. The summed E-state index contributed by atoms with van der Waals surface area (Å²) in [7, 11) is 1.51. The molecule has 8 nitrogen and oxygen atoms in total. The number of nitro benzene ring substituents is 1. The summed E-state index contributed by atoms with van der Waals surface area (Å²) in [5.41, 5.74) is 2.34. The van der Waals surface area contributed by atoms with Crippen molar-refractivity contribution in [3.63, 3.8) is 0 Å². The molecule has 0 aromatic heterocycles. The van der Waals surface area contributed by atoms with E-state index >= 15 is 0 Å². The molecule has 0 N–H and O–H groups in total. The van der Waals surface area contributed by atoms with Gasteiger partial charge in [-0.05, 0) is 93.5 Å². The first-order chi connectivity index (χ1) is 16.8. The Balaban J connectivity index is 1.45. The molecule has 2 amide bonds. The van der Waals surface area contributed by atoms with Gasteiger partial charge in [-0.1, -0.05) is 18.2 Å². The van der Waals surface area contributed by atoms with E-state index in [2.05, 4.69) is 22.6 Å². The van der Waals surface area contributed by atoms with Crippen LogP contribution in [0.5, 0.6) is 11.5 Å². The number of methoxy groups -OCH3 is 1. The topological polar surface area (TPSA) is 99.0 Å². The maximum absolute atomic E-state index is 12.9. The second kappa shape index (κ2) is 10.9. The second-order valence-corrected chi connectivity index (χ2v) is 9.76. The van der Waals surface area contributed by atoms with Crippen LogP contribution in [0.2, 0.25) is 0 Å². The van der Waals surface area contributed by atoms with E-state index in [0.29, 0.717) is 22.0 Å². The molecule has 1 heterocycles. The number of nitrogens with zero attached hydrogens (tertiary/aromatic N) is 2. The smallest absolute Gasteiger partial charge is 0.293 e. The first-order valence-electron chi connectivity index (χ1n) is 10.4. The molecule has 0 spiro atoms. The Labute approximate surface area is 219 Å². The number of carbonyl (C=O) groups is 2. The summed E-state index contributed by atoms with van der Waals surface area (Å²) in [6.45, 7) is 0.419. The summed E-state index contributed by atoms with van der Waals surface area (Å²) in [5, 5.41) is 10.5. The van der Waals surface area contributed by atoms with Gasteiger partial charge in [0.1, 0.15) is 6.61 Å². The Morgan fingerprint density at radius 2 is 1.69 bits per heavy atom. The van der Waals surface area contributed by atoms with Crippen molar-refractivity contribution in [2.45, 2.75) is 13.2 Å². The van der Waals surface area contributed by atoms with Gasteiger partial charge in [-0.2, -0.15) is 0 Å². The van der Waals surface area contributed by atoms with Crippen LogP contribution in [0.1, 0.15) is 16.7 Å². The number of nitro groups is 1. The molecule has 0 aliphatic carbocycles. The first-order valence-corrected chi connectivity index (χ1v) is 12.3. The number of carbonyl (C=O) groups excluding carboxylic acids is 2. The van der Waals surface area contributed by atoms with E-state index in [0.717, 1.165) is 26.5 Å². The van der Waals surface area contributed by atoms with E-state index in [1.54, 1.807) is 36.4 Å². The normalized spacial score (nSPS) is 14.5. The van der Waals surface area contributed by atoms with Gasteiger partial charge in [-0.3, -0.25) is 24.6 Å². The Morgan fingerprint density at radius 3 is 2.34 bits per heavy atom. The van der Waals surface area contributed by atoms with Crippen LogP contribution in [0.25, 0.3) is 6.08 Å². The number of ether oxygens (including phenoxy) is 2. The molecular formula is C25H19IN2O6S. The van der Waals surface area contributed by atoms with E-state index in [1.807, 2.05) is 24.3 Å². The van der Waals surface area contributed by atoms with Gasteiger partial charge < -0.3 is 9.47 Å². The van der Waals surface area contributed by atoms with Gasteiger partial charge in [0, 0.05) is 15.7 Å². The molecule has 0 radical (unpaired) electrons. The zero-order valence-corrected chi connectivity index (χ0v) is 21.4. The maximum atomic E-state index is 12.9. The molecule has 3 aromatic rings. The summed E-state index contributed by atoms with van der Waals surface area (Å²) in [6.07, 6.45) is 1.65. The predicted octanol–water partition coefficient (Wildman–Crippen LogP) is 6.02. The molecule has 1 saturated heterocycles. The average Bonchev–Trinajstić information content (AvgIpc) is 3.11. The number of halogens is 1. The van der Waals surface area contributed by atoms with Crippen molar-refractivity contribution in [1.82, 2.24) is 4.90 Å². The monoisotopic (exact) mass is 602 g/mol. The summed E-state index contributed by atoms with van der Waals surface area (Å²) in [4.78, 5) is 37.2. The lowest BCUT2D eigenvalue weighted by Gasteiger charge is -2.12. The Hall–Kier alpha value is -3.38. The third-order valence-electron chi connectivity index (χ3n) is 5.15. The minimum Gasteiger partial charge on any atom is -0.493 e. The van der Waals surface area contributed by atoms with Crippen molar-refractivity contribution in [2.75, 3.05) is 7.11 Å². The maximum Gasteiger partial charge on any atom is 0.293 e. The van der Waals surface area contributed by atoms with Crippen molar-refractivity contribution in [3.05, 3.63) is 102 Å². The van der Waals surface area contributed by atoms with Crippen LogP contribution >= 0.6 is 34.4 Å². The number of rotatable bonds is 8. The number of thioether (sulfide) groups is 1. The lowest BCUT2D eigenvalue weighted by Crippen LogP contribution is -2.27. The quantitative estimate of drug-likeness (QED) is 0.135. The highest BCUT2D eigenvalue weighted by atomic mass is 127. The Bertz CT molecular complexity index is 1310. The van der Waals surface area contributed by atoms with Gasteiger partial charge in [0.05, 0.1) is 23.5 Å². The zero-order chi connectivity index (χ0) is 24.9. The molecule has 0 bridgehead atoms. The lowest BCUT2D eigenvalue weighted by molar-refractivity contribution is -0.384. The third-order valence-corrected chi connectivity index (χ3v) is 6.78. The third kappa shape index (κ3) is 6.01. The second-order valence-electron chi connectivity index (χ2n) is 7.52. The van der Waals surface area contributed by atoms with E-state index in [-0.39, 0.29) is 30.0 Å².